The second-order valence-corrected chi connectivity index (χ2v) is 6.80. The average molecular weight is 227 g/mol. The van der Waals surface area contributed by atoms with Gasteiger partial charge in [0.2, 0.25) is 0 Å². The zero-order chi connectivity index (χ0) is 10.7. The van der Waals surface area contributed by atoms with E-state index in [-0.39, 0.29) is 0 Å². The Kier molecular flexibility index (Phi) is 4.39. The lowest BCUT2D eigenvalue weighted by Crippen LogP contribution is -2.39. The number of hydrogen-bond donors (Lipinski definition) is 1. The van der Waals surface area contributed by atoms with Crippen molar-refractivity contribution in [3.05, 3.63) is 0 Å². The summed E-state index contributed by atoms with van der Waals surface area (Å²) < 4.78 is 0. The van der Waals surface area contributed by atoms with Gasteiger partial charge in [-0.2, -0.15) is 11.8 Å². The number of hydrogen-bond acceptors (Lipinski definition) is 2. The first kappa shape index (κ1) is 11.8. The molecule has 0 aromatic rings. The van der Waals surface area contributed by atoms with Crippen LogP contribution in [0.25, 0.3) is 0 Å². The fourth-order valence-corrected chi connectivity index (χ4v) is 3.86. The second-order valence-electron chi connectivity index (χ2n) is 5.57. The minimum atomic E-state index is 0.805. The lowest BCUT2D eigenvalue weighted by molar-refractivity contribution is 0.325. The SMILES string of the molecule is CC(C)C(NCC1CCSCC1)C1CC1. The summed E-state index contributed by atoms with van der Waals surface area (Å²) in [5.74, 6) is 5.56. The summed E-state index contributed by atoms with van der Waals surface area (Å²) in [5, 5.41) is 3.84. The lowest BCUT2D eigenvalue weighted by atomic mass is 9.97. The van der Waals surface area contributed by atoms with Crippen molar-refractivity contribution >= 4 is 11.8 Å². The summed E-state index contributed by atoms with van der Waals surface area (Å²) in [7, 11) is 0. The highest BCUT2D eigenvalue weighted by Gasteiger charge is 2.33. The van der Waals surface area contributed by atoms with E-state index in [1.165, 1.54) is 43.7 Å². The second kappa shape index (κ2) is 5.58. The Balaban J connectivity index is 1.69. The van der Waals surface area contributed by atoms with Crippen LogP contribution in [0.15, 0.2) is 0 Å². The highest BCUT2D eigenvalue weighted by molar-refractivity contribution is 7.99. The van der Waals surface area contributed by atoms with Gasteiger partial charge in [0.25, 0.3) is 0 Å². The van der Waals surface area contributed by atoms with Crippen LogP contribution < -0.4 is 5.32 Å². The summed E-state index contributed by atoms with van der Waals surface area (Å²) >= 11 is 2.13. The molecule has 0 amide bonds. The Labute approximate surface area is 98.8 Å². The average Bonchev–Trinajstić information content (AvgIpc) is 3.03. The highest BCUT2D eigenvalue weighted by atomic mass is 32.2. The van der Waals surface area contributed by atoms with Crippen LogP contribution in [-0.4, -0.2) is 24.1 Å². The molecule has 2 rings (SSSR count). The summed E-state index contributed by atoms with van der Waals surface area (Å²) in [6.45, 7) is 6.01. The molecule has 1 aliphatic heterocycles. The summed E-state index contributed by atoms with van der Waals surface area (Å²) in [4.78, 5) is 0. The van der Waals surface area contributed by atoms with Crippen LogP contribution in [0.3, 0.4) is 0 Å². The number of nitrogens with one attached hydrogen (secondary N) is 1. The Bertz CT molecular complexity index is 181. The molecule has 2 fully saturated rings. The third kappa shape index (κ3) is 3.67. The normalized spacial score (nSPS) is 25.8. The minimum absolute atomic E-state index is 0.805. The monoisotopic (exact) mass is 227 g/mol. The Morgan fingerprint density at radius 1 is 1.13 bits per heavy atom. The molecule has 0 bridgehead atoms. The lowest BCUT2D eigenvalue weighted by Gasteiger charge is -2.27. The van der Waals surface area contributed by atoms with E-state index in [0.29, 0.717) is 0 Å². The molecule has 0 spiro atoms. The molecular formula is C13H25NS. The van der Waals surface area contributed by atoms with Crippen molar-refractivity contribution in [1.29, 1.82) is 0 Å². The Morgan fingerprint density at radius 3 is 2.33 bits per heavy atom. The van der Waals surface area contributed by atoms with Crippen molar-refractivity contribution in [2.75, 3.05) is 18.1 Å². The zero-order valence-corrected chi connectivity index (χ0v) is 11.0. The van der Waals surface area contributed by atoms with E-state index in [1.54, 1.807) is 0 Å². The molecule has 1 N–H and O–H groups in total. The van der Waals surface area contributed by atoms with E-state index < -0.39 is 0 Å². The van der Waals surface area contributed by atoms with Crippen molar-refractivity contribution in [3.63, 3.8) is 0 Å². The molecule has 0 radical (unpaired) electrons. The molecule has 0 aromatic carbocycles. The van der Waals surface area contributed by atoms with E-state index >= 15 is 0 Å². The van der Waals surface area contributed by atoms with Crippen molar-refractivity contribution < 1.29 is 0 Å². The fraction of sp³-hybridized carbons (Fsp3) is 1.00. The molecule has 1 nitrogen and oxygen atoms in total. The quantitative estimate of drug-likeness (QED) is 0.774. The predicted molar refractivity (Wildman–Crippen MR) is 69.4 cm³/mol. The number of thioether (sulfide) groups is 1. The van der Waals surface area contributed by atoms with Crippen LogP contribution in [0.4, 0.5) is 0 Å². The van der Waals surface area contributed by atoms with Crippen molar-refractivity contribution in [1.82, 2.24) is 5.32 Å². The van der Waals surface area contributed by atoms with Crippen molar-refractivity contribution in [3.8, 4) is 0 Å². The highest BCUT2D eigenvalue weighted by Crippen LogP contribution is 2.36. The number of rotatable bonds is 5. The van der Waals surface area contributed by atoms with E-state index in [9.17, 15) is 0 Å². The van der Waals surface area contributed by atoms with Gasteiger partial charge in [0.05, 0.1) is 0 Å². The van der Waals surface area contributed by atoms with Gasteiger partial charge >= 0.3 is 0 Å². The summed E-state index contributed by atoms with van der Waals surface area (Å²) in [5.41, 5.74) is 0. The zero-order valence-electron chi connectivity index (χ0n) is 10.2. The molecule has 1 saturated heterocycles. The van der Waals surface area contributed by atoms with Gasteiger partial charge in [-0.1, -0.05) is 13.8 Å². The van der Waals surface area contributed by atoms with Gasteiger partial charge in [-0.15, -0.1) is 0 Å². The van der Waals surface area contributed by atoms with Crippen LogP contribution >= 0.6 is 11.8 Å². The molecule has 1 atom stereocenters. The third-order valence-corrected chi connectivity index (χ3v) is 4.88. The standard InChI is InChI=1S/C13H25NS/c1-10(2)13(12-3-4-12)14-9-11-5-7-15-8-6-11/h10-14H,3-9H2,1-2H3. The molecule has 1 aliphatic carbocycles. The largest absolute Gasteiger partial charge is 0.313 e. The van der Waals surface area contributed by atoms with Crippen LogP contribution in [0.2, 0.25) is 0 Å². The van der Waals surface area contributed by atoms with Crippen LogP contribution in [0.5, 0.6) is 0 Å². The first-order valence-electron chi connectivity index (χ1n) is 6.58. The summed E-state index contributed by atoms with van der Waals surface area (Å²) in [6.07, 6.45) is 5.81. The molecule has 2 aliphatic rings. The minimum Gasteiger partial charge on any atom is -0.313 e. The molecule has 1 unspecified atom stereocenters. The van der Waals surface area contributed by atoms with Crippen LogP contribution in [0, 0.1) is 17.8 Å². The molecule has 88 valence electrons. The van der Waals surface area contributed by atoms with Gasteiger partial charge in [0, 0.05) is 6.04 Å². The maximum atomic E-state index is 3.84. The van der Waals surface area contributed by atoms with Gasteiger partial charge in [-0.05, 0) is 61.5 Å². The maximum Gasteiger partial charge on any atom is 0.0118 e. The topological polar surface area (TPSA) is 12.0 Å². The van der Waals surface area contributed by atoms with Gasteiger partial charge in [0.1, 0.15) is 0 Å². The maximum absolute atomic E-state index is 3.84. The van der Waals surface area contributed by atoms with Gasteiger partial charge in [0.15, 0.2) is 0 Å². The van der Waals surface area contributed by atoms with Gasteiger partial charge in [-0.3, -0.25) is 0 Å². The fourth-order valence-electron chi connectivity index (χ4n) is 2.66. The molecule has 15 heavy (non-hydrogen) atoms. The van der Waals surface area contributed by atoms with Gasteiger partial charge in [-0.25, -0.2) is 0 Å². The molecular weight excluding hydrogens is 202 g/mol. The van der Waals surface area contributed by atoms with Gasteiger partial charge < -0.3 is 5.32 Å². The Hall–Kier alpha value is 0.310. The van der Waals surface area contributed by atoms with Crippen LogP contribution in [0.1, 0.15) is 39.5 Å². The molecule has 1 heterocycles. The first-order chi connectivity index (χ1) is 7.27. The van der Waals surface area contributed by atoms with E-state index in [2.05, 4.69) is 30.9 Å². The smallest absolute Gasteiger partial charge is 0.0118 e. The van der Waals surface area contributed by atoms with Crippen molar-refractivity contribution in [2.24, 2.45) is 17.8 Å². The van der Waals surface area contributed by atoms with Crippen molar-refractivity contribution in [2.45, 2.75) is 45.6 Å². The molecule has 0 aromatic heterocycles. The van der Waals surface area contributed by atoms with E-state index in [4.69, 9.17) is 0 Å². The van der Waals surface area contributed by atoms with E-state index in [1.807, 2.05) is 0 Å². The Morgan fingerprint density at radius 2 is 1.80 bits per heavy atom. The first-order valence-corrected chi connectivity index (χ1v) is 7.74. The summed E-state index contributed by atoms with van der Waals surface area (Å²) in [6, 6.07) is 0.805. The third-order valence-electron chi connectivity index (χ3n) is 3.83. The molecule has 1 saturated carbocycles. The van der Waals surface area contributed by atoms with E-state index in [0.717, 1.165) is 23.8 Å². The predicted octanol–water partition coefficient (Wildman–Crippen LogP) is 3.15. The molecule has 2 heteroatoms. The van der Waals surface area contributed by atoms with Crippen LogP contribution in [-0.2, 0) is 0 Å².